The zero-order chi connectivity index (χ0) is 12.2. The number of nitrogens with zero attached hydrogens (tertiary/aromatic N) is 1. The van der Waals surface area contributed by atoms with E-state index in [0.29, 0.717) is 12.5 Å². The predicted molar refractivity (Wildman–Crippen MR) is 61.1 cm³/mol. The summed E-state index contributed by atoms with van der Waals surface area (Å²) in [6.07, 6.45) is 0.601. The molecule has 0 spiro atoms. The van der Waals surface area contributed by atoms with Crippen LogP contribution in [0.15, 0.2) is 0 Å². The molecule has 16 heavy (non-hydrogen) atoms. The first kappa shape index (κ1) is 13.4. The number of ether oxygens (including phenoxy) is 2. The molecule has 0 saturated carbocycles. The van der Waals surface area contributed by atoms with Gasteiger partial charge in [0.25, 0.3) is 0 Å². The first-order chi connectivity index (χ1) is 7.47. The average Bonchev–Trinajstić information content (AvgIpc) is 2.27. The molecule has 0 radical (unpaired) electrons. The Balaban J connectivity index is 2.40. The second kappa shape index (κ2) is 5.61. The molecule has 1 saturated heterocycles. The Kier molecular flexibility index (Phi) is 4.70. The number of nitrogens with two attached hydrogens (primary N) is 1. The SMILES string of the molecule is COC(=O)C(C)(N)CCN1CCOCC1C. The minimum atomic E-state index is -0.896. The fourth-order valence-corrected chi connectivity index (χ4v) is 1.80. The predicted octanol–water partition coefficient (Wildman–Crippen LogP) is -0.0124. The number of carbonyl (C=O) groups is 1. The number of carbonyl (C=O) groups excluding carboxylic acids is 1. The van der Waals surface area contributed by atoms with E-state index >= 15 is 0 Å². The second-order valence-corrected chi connectivity index (χ2v) is 4.62. The van der Waals surface area contributed by atoms with Gasteiger partial charge in [-0.15, -0.1) is 0 Å². The van der Waals surface area contributed by atoms with Crippen molar-refractivity contribution in [2.75, 3.05) is 33.4 Å². The summed E-state index contributed by atoms with van der Waals surface area (Å²) in [5.74, 6) is -0.353. The lowest BCUT2D eigenvalue weighted by molar-refractivity contribution is -0.146. The van der Waals surface area contributed by atoms with E-state index in [2.05, 4.69) is 16.6 Å². The lowest BCUT2D eigenvalue weighted by atomic mass is 9.99. The number of methoxy groups -OCH3 is 1. The molecule has 5 heteroatoms. The van der Waals surface area contributed by atoms with Crippen molar-refractivity contribution in [1.29, 1.82) is 0 Å². The molecule has 1 aliphatic heterocycles. The van der Waals surface area contributed by atoms with Crippen LogP contribution in [-0.2, 0) is 14.3 Å². The summed E-state index contributed by atoms with van der Waals surface area (Å²) in [4.78, 5) is 13.7. The molecule has 0 aromatic heterocycles. The van der Waals surface area contributed by atoms with Crippen molar-refractivity contribution in [3.8, 4) is 0 Å². The molecule has 2 unspecified atom stereocenters. The van der Waals surface area contributed by atoms with Crippen molar-refractivity contribution in [3.63, 3.8) is 0 Å². The normalized spacial score (nSPS) is 26.1. The maximum Gasteiger partial charge on any atom is 0.325 e. The highest BCUT2D eigenvalue weighted by Gasteiger charge is 2.30. The van der Waals surface area contributed by atoms with Crippen molar-refractivity contribution in [2.45, 2.75) is 31.8 Å². The summed E-state index contributed by atoms with van der Waals surface area (Å²) in [5, 5.41) is 0. The summed E-state index contributed by atoms with van der Waals surface area (Å²) in [6.45, 7) is 7.03. The van der Waals surface area contributed by atoms with Crippen molar-refractivity contribution in [3.05, 3.63) is 0 Å². The average molecular weight is 230 g/mol. The van der Waals surface area contributed by atoms with Gasteiger partial charge >= 0.3 is 5.97 Å². The molecule has 0 bridgehead atoms. The van der Waals surface area contributed by atoms with E-state index in [0.717, 1.165) is 26.3 Å². The van der Waals surface area contributed by atoms with Crippen LogP contribution in [0, 0.1) is 0 Å². The van der Waals surface area contributed by atoms with Crippen LogP contribution in [0.2, 0.25) is 0 Å². The Morgan fingerprint density at radius 3 is 2.94 bits per heavy atom. The van der Waals surface area contributed by atoms with Gasteiger partial charge in [-0.1, -0.05) is 0 Å². The minimum Gasteiger partial charge on any atom is -0.468 e. The summed E-state index contributed by atoms with van der Waals surface area (Å²) in [7, 11) is 1.37. The fourth-order valence-electron chi connectivity index (χ4n) is 1.80. The molecule has 2 atom stereocenters. The third kappa shape index (κ3) is 3.43. The largest absolute Gasteiger partial charge is 0.468 e. The fraction of sp³-hybridized carbons (Fsp3) is 0.909. The Bertz CT molecular complexity index is 243. The van der Waals surface area contributed by atoms with E-state index in [-0.39, 0.29) is 5.97 Å². The van der Waals surface area contributed by atoms with Crippen LogP contribution in [0.1, 0.15) is 20.3 Å². The Labute approximate surface area is 96.9 Å². The number of morpholine rings is 1. The Morgan fingerprint density at radius 1 is 1.69 bits per heavy atom. The highest BCUT2D eigenvalue weighted by Crippen LogP contribution is 2.12. The van der Waals surface area contributed by atoms with Crippen LogP contribution >= 0.6 is 0 Å². The third-order valence-corrected chi connectivity index (χ3v) is 3.08. The van der Waals surface area contributed by atoms with Gasteiger partial charge in [0.15, 0.2) is 0 Å². The monoisotopic (exact) mass is 230 g/mol. The lowest BCUT2D eigenvalue weighted by Crippen LogP contribution is -2.51. The Hall–Kier alpha value is -0.650. The van der Waals surface area contributed by atoms with Crippen LogP contribution in [0.4, 0.5) is 0 Å². The molecule has 94 valence electrons. The molecule has 0 aromatic carbocycles. The molecule has 1 heterocycles. The summed E-state index contributed by atoms with van der Waals surface area (Å²) >= 11 is 0. The van der Waals surface area contributed by atoms with Crippen molar-refractivity contribution < 1.29 is 14.3 Å². The van der Waals surface area contributed by atoms with Gasteiger partial charge in [0.2, 0.25) is 0 Å². The number of hydrogen-bond donors (Lipinski definition) is 1. The van der Waals surface area contributed by atoms with E-state index in [1.165, 1.54) is 7.11 Å². The van der Waals surface area contributed by atoms with E-state index in [1.54, 1.807) is 6.92 Å². The maximum absolute atomic E-state index is 11.4. The first-order valence-corrected chi connectivity index (χ1v) is 5.66. The van der Waals surface area contributed by atoms with Crippen LogP contribution in [-0.4, -0.2) is 55.9 Å². The van der Waals surface area contributed by atoms with Crippen LogP contribution < -0.4 is 5.73 Å². The van der Waals surface area contributed by atoms with Gasteiger partial charge in [0.05, 0.1) is 20.3 Å². The quantitative estimate of drug-likeness (QED) is 0.688. The summed E-state index contributed by atoms with van der Waals surface area (Å²) < 4.78 is 10.0. The smallest absolute Gasteiger partial charge is 0.325 e. The number of esters is 1. The molecule has 0 aliphatic carbocycles. The molecule has 1 aliphatic rings. The van der Waals surface area contributed by atoms with Crippen molar-refractivity contribution in [2.24, 2.45) is 5.73 Å². The molecule has 2 N–H and O–H groups in total. The molecule has 5 nitrogen and oxygen atoms in total. The van der Waals surface area contributed by atoms with Gasteiger partial charge in [0.1, 0.15) is 5.54 Å². The lowest BCUT2D eigenvalue weighted by Gasteiger charge is -2.35. The highest BCUT2D eigenvalue weighted by atomic mass is 16.5. The van der Waals surface area contributed by atoms with E-state index in [9.17, 15) is 4.79 Å². The van der Waals surface area contributed by atoms with Crippen LogP contribution in [0.3, 0.4) is 0 Å². The van der Waals surface area contributed by atoms with Gasteiger partial charge in [-0.05, 0) is 20.3 Å². The van der Waals surface area contributed by atoms with E-state index in [1.807, 2.05) is 0 Å². The third-order valence-electron chi connectivity index (χ3n) is 3.08. The Morgan fingerprint density at radius 2 is 2.38 bits per heavy atom. The zero-order valence-corrected chi connectivity index (χ0v) is 10.4. The first-order valence-electron chi connectivity index (χ1n) is 5.66. The topological polar surface area (TPSA) is 64.8 Å². The van der Waals surface area contributed by atoms with Gasteiger partial charge < -0.3 is 15.2 Å². The van der Waals surface area contributed by atoms with E-state index < -0.39 is 5.54 Å². The standard InChI is InChI=1S/C11H22N2O3/c1-9-8-16-7-6-13(9)5-4-11(2,12)10(14)15-3/h9H,4-8,12H2,1-3H3. The summed E-state index contributed by atoms with van der Waals surface area (Å²) in [6, 6.07) is 0.391. The molecule has 0 aromatic rings. The number of hydrogen-bond acceptors (Lipinski definition) is 5. The van der Waals surface area contributed by atoms with Crippen molar-refractivity contribution >= 4 is 5.97 Å². The van der Waals surface area contributed by atoms with Crippen LogP contribution in [0.5, 0.6) is 0 Å². The minimum absolute atomic E-state index is 0.353. The van der Waals surface area contributed by atoms with Crippen molar-refractivity contribution in [1.82, 2.24) is 4.90 Å². The zero-order valence-electron chi connectivity index (χ0n) is 10.4. The molecule has 1 rings (SSSR count). The highest BCUT2D eigenvalue weighted by molar-refractivity contribution is 5.79. The van der Waals surface area contributed by atoms with E-state index in [4.69, 9.17) is 10.5 Å². The van der Waals surface area contributed by atoms with Gasteiger partial charge in [-0.2, -0.15) is 0 Å². The molecular weight excluding hydrogens is 208 g/mol. The second-order valence-electron chi connectivity index (χ2n) is 4.62. The maximum atomic E-state index is 11.4. The van der Waals surface area contributed by atoms with Crippen LogP contribution in [0.25, 0.3) is 0 Å². The van der Waals surface area contributed by atoms with Gasteiger partial charge in [0, 0.05) is 19.1 Å². The molecule has 1 fully saturated rings. The van der Waals surface area contributed by atoms with Gasteiger partial charge in [-0.25, -0.2) is 0 Å². The molecular formula is C11H22N2O3. The molecule has 0 amide bonds. The summed E-state index contributed by atoms with van der Waals surface area (Å²) in [5.41, 5.74) is 5.00. The number of rotatable bonds is 4. The van der Waals surface area contributed by atoms with Gasteiger partial charge in [-0.3, -0.25) is 9.69 Å².